The molecule has 0 aromatic heterocycles. The fourth-order valence-corrected chi connectivity index (χ4v) is 1.58. The van der Waals surface area contributed by atoms with Crippen molar-refractivity contribution in [3.8, 4) is 5.75 Å². The molecule has 0 saturated carbocycles. The standard InChI is InChI=1S/C9H12BrNO2.ClH/c1-13-9-3-2-6(4-7(9)10)8(11)5-12;/h2-4,8,12H,5,11H2,1H3;1H/t8-;/m1./s1. The number of hydrogen-bond donors (Lipinski definition) is 2. The van der Waals surface area contributed by atoms with E-state index in [1.165, 1.54) is 0 Å². The molecule has 0 saturated heterocycles. The van der Waals surface area contributed by atoms with E-state index in [2.05, 4.69) is 15.9 Å². The van der Waals surface area contributed by atoms with E-state index in [0.29, 0.717) is 0 Å². The number of aliphatic hydroxyl groups excluding tert-OH is 1. The van der Waals surface area contributed by atoms with Crippen LogP contribution in [0.2, 0.25) is 0 Å². The molecule has 0 fully saturated rings. The van der Waals surface area contributed by atoms with E-state index >= 15 is 0 Å². The van der Waals surface area contributed by atoms with Gasteiger partial charge in [0.05, 0.1) is 24.2 Å². The Morgan fingerprint density at radius 3 is 2.64 bits per heavy atom. The summed E-state index contributed by atoms with van der Waals surface area (Å²) in [6.45, 7) is -0.0568. The van der Waals surface area contributed by atoms with Crippen molar-refractivity contribution in [2.24, 2.45) is 5.73 Å². The van der Waals surface area contributed by atoms with Gasteiger partial charge in [0, 0.05) is 0 Å². The van der Waals surface area contributed by atoms with E-state index in [-0.39, 0.29) is 25.1 Å². The molecular formula is C9H13BrClNO2. The first-order valence-corrected chi connectivity index (χ1v) is 4.68. The van der Waals surface area contributed by atoms with Gasteiger partial charge in [0.15, 0.2) is 0 Å². The van der Waals surface area contributed by atoms with E-state index in [1.807, 2.05) is 18.2 Å². The SMILES string of the molecule is COc1ccc([C@H](N)CO)cc1Br.Cl. The minimum Gasteiger partial charge on any atom is -0.496 e. The molecule has 3 nitrogen and oxygen atoms in total. The van der Waals surface area contributed by atoms with Gasteiger partial charge >= 0.3 is 0 Å². The minimum atomic E-state index is -0.331. The quantitative estimate of drug-likeness (QED) is 0.890. The summed E-state index contributed by atoms with van der Waals surface area (Å²) in [7, 11) is 1.60. The Morgan fingerprint density at radius 1 is 1.57 bits per heavy atom. The number of hydrogen-bond acceptors (Lipinski definition) is 3. The van der Waals surface area contributed by atoms with Crippen molar-refractivity contribution in [1.82, 2.24) is 0 Å². The Kier molecular flexibility index (Phi) is 6.11. The van der Waals surface area contributed by atoms with Gasteiger partial charge < -0.3 is 15.6 Å². The third kappa shape index (κ3) is 3.13. The second-order valence-corrected chi connectivity index (χ2v) is 3.54. The van der Waals surface area contributed by atoms with Crippen LogP contribution in [0.3, 0.4) is 0 Å². The fourth-order valence-electron chi connectivity index (χ4n) is 1.02. The van der Waals surface area contributed by atoms with Gasteiger partial charge in [-0.25, -0.2) is 0 Å². The highest BCUT2D eigenvalue weighted by Gasteiger charge is 2.06. The zero-order chi connectivity index (χ0) is 9.84. The molecule has 0 spiro atoms. The maximum Gasteiger partial charge on any atom is 0.133 e. The van der Waals surface area contributed by atoms with E-state index in [9.17, 15) is 0 Å². The van der Waals surface area contributed by atoms with Crippen LogP contribution in [0, 0.1) is 0 Å². The molecule has 80 valence electrons. The van der Waals surface area contributed by atoms with E-state index in [4.69, 9.17) is 15.6 Å². The topological polar surface area (TPSA) is 55.5 Å². The molecule has 1 aromatic carbocycles. The summed E-state index contributed by atoms with van der Waals surface area (Å²) >= 11 is 3.34. The second-order valence-electron chi connectivity index (χ2n) is 2.68. The van der Waals surface area contributed by atoms with Crippen LogP contribution in [0.4, 0.5) is 0 Å². The van der Waals surface area contributed by atoms with Crippen LogP contribution in [0.15, 0.2) is 22.7 Å². The van der Waals surface area contributed by atoms with Gasteiger partial charge in [-0.3, -0.25) is 0 Å². The summed E-state index contributed by atoms with van der Waals surface area (Å²) < 4.78 is 5.91. The lowest BCUT2D eigenvalue weighted by Gasteiger charge is -2.10. The Balaban J connectivity index is 0.00000169. The summed E-state index contributed by atoms with van der Waals surface area (Å²) in [5.41, 5.74) is 6.53. The van der Waals surface area contributed by atoms with Crippen LogP contribution in [0.5, 0.6) is 5.75 Å². The molecule has 0 aliphatic carbocycles. The van der Waals surface area contributed by atoms with Crippen LogP contribution in [0.1, 0.15) is 11.6 Å². The van der Waals surface area contributed by atoms with Crippen molar-refractivity contribution in [3.63, 3.8) is 0 Å². The molecule has 0 heterocycles. The highest BCUT2D eigenvalue weighted by Crippen LogP contribution is 2.27. The predicted molar refractivity (Wildman–Crippen MR) is 62.0 cm³/mol. The summed E-state index contributed by atoms with van der Waals surface area (Å²) in [5, 5.41) is 8.83. The first kappa shape index (κ1) is 13.7. The van der Waals surface area contributed by atoms with Crippen LogP contribution in [-0.2, 0) is 0 Å². The third-order valence-electron chi connectivity index (χ3n) is 1.80. The van der Waals surface area contributed by atoms with Gasteiger partial charge in [0.25, 0.3) is 0 Å². The van der Waals surface area contributed by atoms with Crippen molar-refractivity contribution in [2.75, 3.05) is 13.7 Å². The van der Waals surface area contributed by atoms with E-state index < -0.39 is 0 Å². The molecule has 1 rings (SSSR count). The highest BCUT2D eigenvalue weighted by molar-refractivity contribution is 9.10. The van der Waals surface area contributed by atoms with Crippen molar-refractivity contribution in [1.29, 1.82) is 0 Å². The fraction of sp³-hybridized carbons (Fsp3) is 0.333. The molecule has 0 aliphatic rings. The lowest BCUT2D eigenvalue weighted by molar-refractivity contribution is 0.268. The lowest BCUT2D eigenvalue weighted by atomic mass is 10.1. The Labute approximate surface area is 97.8 Å². The number of benzene rings is 1. The number of aliphatic hydroxyl groups is 1. The number of rotatable bonds is 3. The molecule has 3 N–H and O–H groups in total. The molecule has 14 heavy (non-hydrogen) atoms. The maximum atomic E-state index is 8.83. The van der Waals surface area contributed by atoms with Gasteiger partial charge in [0.2, 0.25) is 0 Å². The van der Waals surface area contributed by atoms with Gasteiger partial charge in [-0.1, -0.05) is 6.07 Å². The summed E-state index contributed by atoms with van der Waals surface area (Å²) in [6.07, 6.45) is 0. The molecule has 0 radical (unpaired) electrons. The summed E-state index contributed by atoms with van der Waals surface area (Å²) in [5.74, 6) is 0.758. The van der Waals surface area contributed by atoms with Gasteiger partial charge in [-0.15, -0.1) is 12.4 Å². The smallest absolute Gasteiger partial charge is 0.133 e. The predicted octanol–water partition coefficient (Wildman–Crippen LogP) is 1.87. The zero-order valence-electron chi connectivity index (χ0n) is 7.74. The first-order valence-electron chi connectivity index (χ1n) is 3.89. The number of halogens is 2. The summed E-state index contributed by atoms with van der Waals surface area (Å²) in [6, 6.07) is 5.17. The van der Waals surface area contributed by atoms with Gasteiger partial charge in [0.1, 0.15) is 5.75 Å². The Hall–Kier alpha value is -0.290. The van der Waals surface area contributed by atoms with Crippen molar-refractivity contribution >= 4 is 28.3 Å². The van der Waals surface area contributed by atoms with Gasteiger partial charge in [-0.2, -0.15) is 0 Å². The minimum absolute atomic E-state index is 0. The van der Waals surface area contributed by atoms with Crippen LogP contribution >= 0.6 is 28.3 Å². The largest absolute Gasteiger partial charge is 0.496 e. The van der Waals surface area contributed by atoms with Crippen molar-refractivity contribution < 1.29 is 9.84 Å². The molecule has 0 aliphatic heterocycles. The normalized spacial score (nSPS) is 11.7. The van der Waals surface area contributed by atoms with Crippen LogP contribution in [-0.4, -0.2) is 18.8 Å². The molecule has 0 bridgehead atoms. The average Bonchev–Trinajstić information content (AvgIpc) is 2.16. The molecule has 0 unspecified atom stereocenters. The average molecular weight is 283 g/mol. The van der Waals surface area contributed by atoms with Crippen molar-refractivity contribution in [3.05, 3.63) is 28.2 Å². The van der Waals surface area contributed by atoms with E-state index in [0.717, 1.165) is 15.8 Å². The molecule has 0 amide bonds. The first-order chi connectivity index (χ1) is 6.19. The lowest BCUT2D eigenvalue weighted by Crippen LogP contribution is -2.14. The molecule has 1 aromatic rings. The van der Waals surface area contributed by atoms with E-state index in [1.54, 1.807) is 7.11 Å². The highest BCUT2D eigenvalue weighted by atomic mass is 79.9. The van der Waals surface area contributed by atoms with Crippen molar-refractivity contribution in [2.45, 2.75) is 6.04 Å². The van der Waals surface area contributed by atoms with Crippen LogP contribution in [0.25, 0.3) is 0 Å². The Morgan fingerprint density at radius 2 is 2.21 bits per heavy atom. The van der Waals surface area contributed by atoms with Gasteiger partial charge in [-0.05, 0) is 33.6 Å². The number of ether oxygens (including phenoxy) is 1. The zero-order valence-corrected chi connectivity index (χ0v) is 10.1. The van der Waals surface area contributed by atoms with Crippen LogP contribution < -0.4 is 10.5 Å². The third-order valence-corrected chi connectivity index (χ3v) is 2.42. The molecule has 1 atom stereocenters. The Bertz CT molecular complexity index is 296. The summed E-state index contributed by atoms with van der Waals surface area (Å²) in [4.78, 5) is 0. The molecular weight excluding hydrogens is 269 g/mol. The number of nitrogens with two attached hydrogens (primary N) is 1. The second kappa shape index (κ2) is 6.24. The maximum absolute atomic E-state index is 8.83. The molecule has 5 heteroatoms. The number of methoxy groups -OCH3 is 1. The monoisotopic (exact) mass is 281 g/mol.